The summed E-state index contributed by atoms with van der Waals surface area (Å²) in [4.78, 5) is 86.0. The van der Waals surface area contributed by atoms with E-state index in [-0.39, 0.29) is 32.5 Å². The molecule has 1 aliphatic rings. The van der Waals surface area contributed by atoms with E-state index in [0.29, 0.717) is 50.9 Å². The molecule has 1 aliphatic heterocycles. The summed E-state index contributed by atoms with van der Waals surface area (Å²) in [5.74, 6) is -6.97. The number of rotatable bonds is 42. The largest absolute Gasteiger partial charge is 0.505 e. The average Bonchev–Trinajstić information content (AvgIpc) is 3.95. The third-order valence-electron chi connectivity index (χ3n) is 12.0. The van der Waals surface area contributed by atoms with Gasteiger partial charge in [0.1, 0.15) is 18.1 Å². The number of imidazole rings is 1. The van der Waals surface area contributed by atoms with Crippen molar-refractivity contribution in [2.24, 2.45) is 11.5 Å². The lowest BCUT2D eigenvalue weighted by Crippen LogP contribution is -2.56. The number of ether oxygens (including phenoxy) is 3. The van der Waals surface area contributed by atoms with Crippen LogP contribution in [-0.2, 0) is 58.5 Å². The summed E-state index contributed by atoms with van der Waals surface area (Å²) in [5.41, 5.74) is 11.7. The zero-order chi connectivity index (χ0) is 52.6. The molecule has 2 rings (SSSR count). The van der Waals surface area contributed by atoms with Gasteiger partial charge in [0, 0.05) is 31.3 Å². The van der Waals surface area contributed by atoms with Crippen molar-refractivity contribution in [3.8, 4) is 0 Å². The number of carboxylic acid groups (broad SMARTS) is 1. The Bertz CT molecular complexity index is 1810. The van der Waals surface area contributed by atoms with Gasteiger partial charge >= 0.3 is 25.6 Å². The number of unbranched alkanes of at least 4 members (excludes halogenated alkanes) is 15. The predicted molar refractivity (Wildman–Crippen MR) is 267 cm³/mol. The number of carbonyl (C=O) groups excluding carboxylic acids is 5. The molecule has 0 bridgehead atoms. The Morgan fingerprint density at radius 3 is 1.83 bits per heavy atom. The number of cyclic esters (lactones) is 1. The standard InChI is InChI=1S/C48H86N9O13P/c1-6-7-8-9-10-11-12-13-14-15-16-17-18-23-30-67-33-39(43-42(60)44(48(65)69-43)70-71(66,56(2)3)57(4)5)68-41(59)27-26-40(58)53-36(24-19-21-28-49)45(61)55-38(31-35-32-51-34-52-35)46(62)54-37(47(63)64)25-20-22-29-50/h32,34,36-39,43,60H,6-31,33,49-50H2,1-5H3,(H,51,52)(H,53,58)(H,54,62)(H,55,61)(H,63,64). The van der Waals surface area contributed by atoms with E-state index < -0.39 is 98.0 Å². The van der Waals surface area contributed by atoms with Gasteiger partial charge in [-0.15, -0.1) is 0 Å². The van der Waals surface area contributed by atoms with Crippen LogP contribution < -0.4 is 27.4 Å². The first kappa shape index (κ1) is 62.5. The fraction of sp³-hybridized carbons (Fsp3) is 0.771. The van der Waals surface area contributed by atoms with Crippen LogP contribution in [0.3, 0.4) is 0 Å². The molecule has 3 amide bonds. The normalized spacial score (nSPS) is 15.6. The maximum Gasteiger partial charge on any atom is 0.395 e. The molecule has 0 aromatic carbocycles. The fourth-order valence-corrected chi connectivity index (χ4v) is 9.26. The molecular formula is C48H86N9O13P. The van der Waals surface area contributed by atoms with Gasteiger partial charge in [-0.25, -0.2) is 28.5 Å². The van der Waals surface area contributed by atoms with Crippen molar-refractivity contribution >= 4 is 43.3 Å². The number of aliphatic hydroxyl groups is 1. The number of hydrogen-bond donors (Lipinski definition) is 8. The lowest BCUT2D eigenvalue weighted by atomic mass is 10.0. The molecule has 23 heteroatoms. The van der Waals surface area contributed by atoms with Crippen LogP contribution in [0.2, 0.25) is 0 Å². The van der Waals surface area contributed by atoms with Crippen molar-refractivity contribution < 1.29 is 62.3 Å². The summed E-state index contributed by atoms with van der Waals surface area (Å²) in [5, 5.41) is 28.8. The Morgan fingerprint density at radius 1 is 0.775 bits per heavy atom. The van der Waals surface area contributed by atoms with Crippen molar-refractivity contribution in [1.29, 1.82) is 0 Å². The first-order valence-corrected chi connectivity index (χ1v) is 27.1. The lowest BCUT2D eigenvalue weighted by Gasteiger charge is -2.29. The quantitative estimate of drug-likeness (QED) is 0.0246. The highest BCUT2D eigenvalue weighted by molar-refractivity contribution is 7.54. The minimum absolute atomic E-state index is 0.0778. The van der Waals surface area contributed by atoms with Gasteiger partial charge in [-0.2, -0.15) is 0 Å². The zero-order valence-electron chi connectivity index (χ0n) is 43.0. The van der Waals surface area contributed by atoms with Crippen molar-refractivity contribution in [2.75, 3.05) is 54.5 Å². The highest BCUT2D eigenvalue weighted by atomic mass is 31.2. The number of aliphatic hydroxyl groups excluding tert-OH is 1. The maximum absolute atomic E-state index is 13.8. The van der Waals surface area contributed by atoms with E-state index in [0.717, 1.165) is 19.3 Å². The molecule has 71 heavy (non-hydrogen) atoms. The second-order valence-corrected chi connectivity index (χ2v) is 21.2. The number of H-pyrrole nitrogens is 1. The Morgan fingerprint density at radius 2 is 1.31 bits per heavy atom. The van der Waals surface area contributed by atoms with Crippen LogP contribution in [0, 0.1) is 0 Å². The number of hydrogen-bond acceptors (Lipinski definition) is 15. The van der Waals surface area contributed by atoms with Crippen LogP contribution in [0.25, 0.3) is 0 Å². The number of amides is 3. The molecule has 406 valence electrons. The van der Waals surface area contributed by atoms with E-state index in [1.807, 2.05) is 0 Å². The van der Waals surface area contributed by atoms with Crippen molar-refractivity contribution in [3.63, 3.8) is 0 Å². The molecule has 5 atom stereocenters. The molecule has 10 N–H and O–H groups in total. The van der Waals surface area contributed by atoms with Crippen LogP contribution in [0.5, 0.6) is 0 Å². The topological polar surface area (TPSA) is 320 Å². The van der Waals surface area contributed by atoms with Crippen molar-refractivity contribution in [1.82, 2.24) is 35.3 Å². The third-order valence-corrected chi connectivity index (χ3v) is 14.5. The van der Waals surface area contributed by atoms with Gasteiger partial charge in [0.15, 0.2) is 11.9 Å². The molecule has 0 fully saturated rings. The van der Waals surface area contributed by atoms with Gasteiger partial charge in [0.2, 0.25) is 23.8 Å². The number of nitrogens with zero attached hydrogens (tertiary/aromatic N) is 3. The molecule has 1 aromatic rings. The van der Waals surface area contributed by atoms with E-state index in [1.54, 1.807) is 0 Å². The molecule has 2 heterocycles. The van der Waals surface area contributed by atoms with E-state index >= 15 is 0 Å². The number of aromatic nitrogens is 2. The molecule has 1 aromatic heterocycles. The highest BCUT2D eigenvalue weighted by Gasteiger charge is 2.47. The molecule has 22 nitrogen and oxygen atoms in total. The third kappa shape index (κ3) is 24.1. The molecule has 5 unspecified atom stereocenters. The van der Waals surface area contributed by atoms with E-state index in [4.69, 9.17) is 30.2 Å². The second-order valence-electron chi connectivity index (χ2n) is 18.4. The van der Waals surface area contributed by atoms with Gasteiger partial charge in [-0.05, 0) is 86.2 Å². The summed E-state index contributed by atoms with van der Waals surface area (Å²) in [6, 6.07) is -3.69. The first-order valence-electron chi connectivity index (χ1n) is 25.6. The van der Waals surface area contributed by atoms with Gasteiger partial charge in [-0.1, -0.05) is 90.4 Å². The molecule has 0 saturated carbocycles. The first-order chi connectivity index (χ1) is 34.0. The average molecular weight is 1030 g/mol. The summed E-state index contributed by atoms with van der Waals surface area (Å²) in [6.07, 6.45) is 17.5. The summed E-state index contributed by atoms with van der Waals surface area (Å²) >= 11 is 0. The minimum Gasteiger partial charge on any atom is -0.505 e. The molecule has 0 aliphatic carbocycles. The summed E-state index contributed by atoms with van der Waals surface area (Å²) < 4.78 is 38.7. The van der Waals surface area contributed by atoms with E-state index in [2.05, 4.69) is 32.8 Å². The van der Waals surface area contributed by atoms with Crippen molar-refractivity contribution in [2.45, 2.75) is 185 Å². The van der Waals surface area contributed by atoms with E-state index in [1.165, 1.54) is 114 Å². The number of nitrogens with two attached hydrogens (primary N) is 2. The van der Waals surface area contributed by atoms with Crippen molar-refractivity contribution in [3.05, 3.63) is 29.7 Å². The smallest absolute Gasteiger partial charge is 0.395 e. The van der Waals surface area contributed by atoms with Gasteiger partial charge < -0.3 is 61.3 Å². The van der Waals surface area contributed by atoms with Gasteiger partial charge in [-0.3, -0.25) is 19.2 Å². The van der Waals surface area contributed by atoms with Gasteiger partial charge in [0.05, 0.1) is 19.4 Å². The number of aliphatic carboxylic acids is 1. The van der Waals surface area contributed by atoms with Gasteiger partial charge in [0.25, 0.3) is 5.76 Å². The number of carboxylic acids is 1. The van der Waals surface area contributed by atoms with E-state index in [9.17, 15) is 43.5 Å². The molecule has 0 radical (unpaired) electrons. The number of aromatic amines is 1. The fourth-order valence-electron chi connectivity index (χ4n) is 7.81. The molecule has 0 saturated heterocycles. The van der Waals surface area contributed by atoms with Crippen LogP contribution in [-0.4, -0.2) is 150 Å². The summed E-state index contributed by atoms with van der Waals surface area (Å²) in [6.45, 7) is 2.87. The Labute approximate surface area is 420 Å². The number of esters is 2. The molecular weight excluding hydrogens is 942 g/mol. The number of nitrogens with one attached hydrogen (secondary N) is 4. The monoisotopic (exact) mass is 1030 g/mol. The Hall–Kier alpha value is -4.60. The SMILES string of the molecule is CCCCCCCCCCCCCCCCOCC(OC(=O)CCC(=O)NC(CCCCN)C(=O)NC(Cc1cnc[nH]1)C(=O)NC(CCCCN)C(=O)O)C1OC(=O)C(OP(=O)(N(C)C)N(C)C)=C1O. The Kier molecular flexibility index (Phi) is 31.3. The van der Waals surface area contributed by atoms with Crippen LogP contribution in [0.1, 0.15) is 154 Å². The highest BCUT2D eigenvalue weighted by Crippen LogP contribution is 2.53. The predicted octanol–water partition coefficient (Wildman–Crippen LogP) is 4.88. The van der Waals surface area contributed by atoms with Crippen LogP contribution in [0.15, 0.2) is 24.0 Å². The Balaban J connectivity index is 2.12. The lowest BCUT2D eigenvalue weighted by molar-refractivity contribution is -0.167. The van der Waals surface area contributed by atoms with Crippen LogP contribution >= 0.6 is 7.67 Å². The molecule has 0 spiro atoms. The zero-order valence-corrected chi connectivity index (χ0v) is 43.9. The second kappa shape index (κ2) is 35.5. The summed E-state index contributed by atoms with van der Waals surface area (Å²) in [7, 11) is 2.06. The minimum atomic E-state index is -3.84. The number of carbonyl (C=O) groups is 6. The van der Waals surface area contributed by atoms with Crippen LogP contribution in [0.4, 0.5) is 0 Å². The maximum atomic E-state index is 13.8.